The number of hydrogen-bond acceptors (Lipinski definition) is 10. The van der Waals surface area contributed by atoms with E-state index >= 15 is 8.78 Å². The van der Waals surface area contributed by atoms with Gasteiger partial charge in [0.2, 0.25) is 0 Å². The number of fused-ring (bicyclic) bond motifs is 3. The molecule has 3 atom stereocenters. The zero-order valence-electron chi connectivity index (χ0n) is 29.4. The number of pyridine rings is 1. The Bertz CT molecular complexity index is 2100. The van der Waals surface area contributed by atoms with Gasteiger partial charge in [-0.3, -0.25) is 9.88 Å². The van der Waals surface area contributed by atoms with Crippen molar-refractivity contribution < 1.29 is 32.1 Å². The lowest BCUT2D eigenvalue weighted by Gasteiger charge is -2.38. The van der Waals surface area contributed by atoms with Crippen LogP contribution in [0.15, 0.2) is 30.5 Å². The average molecular weight is 726 g/mol. The molecule has 7 rings (SSSR count). The van der Waals surface area contributed by atoms with Crippen LogP contribution in [0.5, 0.6) is 11.8 Å². The van der Waals surface area contributed by atoms with Crippen molar-refractivity contribution in [3.8, 4) is 23.0 Å². The van der Waals surface area contributed by atoms with Crippen LogP contribution in [-0.4, -0.2) is 107 Å². The second-order valence-corrected chi connectivity index (χ2v) is 16.6. The van der Waals surface area contributed by atoms with Gasteiger partial charge in [0.25, 0.3) is 10.2 Å². The summed E-state index contributed by atoms with van der Waals surface area (Å²) in [7, 11) is -0.593. The molecule has 0 saturated carbocycles. The van der Waals surface area contributed by atoms with Crippen molar-refractivity contribution in [3.05, 3.63) is 47.7 Å². The van der Waals surface area contributed by atoms with Crippen molar-refractivity contribution >= 4 is 37.7 Å². The number of phenolic OH excluding ortho intramolecular Hbond substituents is 1. The Labute approximate surface area is 296 Å². The molecule has 3 fully saturated rings. The zero-order chi connectivity index (χ0) is 36.3. The molecule has 12 nitrogen and oxygen atoms in total. The van der Waals surface area contributed by atoms with E-state index in [-0.39, 0.29) is 59.8 Å². The van der Waals surface area contributed by atoms with E-state index in [9.17, 15) is 18.6 Å². The first-order chi connectivity index (χ1) is 24.2. The fourth-order valence-electron chi connectivity index (χ4n) is 8.31. The van der Waals surface area contributed by atoms with Crippen LogP contribution in [0.4, 0.5) is 14.6 Å². The fourth-order valence-corrected chi connectivity index (χ4v) is 8.97. The van der Waals surface area contributed by atoms with Gasteiger partial charge in [-0.1, -0.05) is 13.0 Å². The number of nitrogens with zero attached hydrogens (tertiary/aromatic N) is 6. The molecule has 2 aromatic heterocycles. The molecule has 3 aliphatic heterocycles. The SMILES string of the molecule is CCc1c(F)ccc2cc(O)cc(-c3ncc4c(N5CCC[C@@](C)(O)C5)nc(OC[C@]56CCCN5[C@@H](CNS(=O)(=O)N(C)C)CC6)nc4c3F)c12. The fraction of sp³-hybridized carbons (Fsp3) is 0.528. The highest BCUT2D eigenvalue weighted by Gasteiger charge is 2.50. The minimum absolute atomic E-state index is 0.00414. The highest BCUT2D eigenvalue weighted by molar-refractivity contribution is 7.87. The molecule has 0 radical (unpaired) electrons. The van der Waals surface area contributed by atoms with Crippen LogP contribution in [0.2, 0.25) is 0 Å². The summed E-state index contributed by atoms with van der Waals surface area (Å²) in [4.78, 5) is 18.1. The number of piperidine rings is 1. The number of benzene rings is 2. The Morgan fingerprint density at radius 3 is 2.65 bits per heavy atom. The molecule has 0 unspecified atom stereocenters. The summed E-state index contributed by atoms with van der Waals surface area (Å²) in [6, 6.07) is 5.76. The van der Waals surface area contributed by atoms with Crippen LogP contribution in [-0.2, 0) is 16.6 Å². The van der Waals surface area contributed by atoms with Gasteiger partial charge in [0.05, 0.1) is 16.5 Å². The van der Waals surface area contributed by atoms with Crippen molar-refractivity contribution in [2.24, 2.45) is 0 Å². The summed E-state index contributed by atoms with van der Waals surface area (Å²) in [6.07, 6.45) is 6.49. The van der Waals surface area contributed by atoms with Gasteiger partial charge < -0.3 is 19.8 Å². The molecule has 274 valence electrons. The van der Waals surface area contributed by atoms with E-state index in [0.29, 0.717) is 53.3 Å². The average Bonchev–Trinajstić information content (AvgIpc) is 3.65. The monoisotopic (exact) mass is 725 g/mol. The number of anilines is 1. The third kappa shape index (κ3) is 6.58. The van der Waals surface area contributed by atoms with Gasteiger partial charge >= 0.3 is 6.01 Å². The van der Waals surface area contributed by atoms with E-state index in [1.807, 2.05) is 11.8 Å². The van der Waals surface area contributed by atoms with Gasteiger partial charge in [-0.2, -0.15) is 22.7 Å². The van der Waals surface area contributed by atoms with Gasteiger partial charge in [0.1, 0.15) is 35.2 Å². The summed E-state index contributed by atoms with van der Waals surface area (Å²) in [5.74, 6) is -0.921. The number of β-amino-alcohol motifs (C(OH)–C–C–N with tert-alkyl or cyclic N) is 1. The van der Waals surface area contributed by atoms with Crippen molar-refractivity contribution in [3.63, 3.8) is 0 Å². The highest BCUT2D eigenvalue weighted by Crippen LogP contribution is 2.43. The van der Waals surface area contributed by atoms with E-state index in [2.05, 4.69) is 19.6 Å². The molecule has 51 heavy (non-hydrogen) atoms. The number of rotatable bonds is 10. The van der Waals surface area contributed by atoms with E-state index in [0.717, 1.165) is 36.5 Å². The maximum Gasteiger partial charge on any atom is 0.319 e. The third-order valence-electron chi connectivity index (χ3n) is 10.9. The number of ether oxygens (including phenoxy) is 1. The maximum atomic E-state index is 17.0. The molecule has 3 N–H and O–H groups in total. The normalized spacial score (nSPS) is 24.2. The molecular weight excluding hydrogens is 681 g/mol. The van der Waals surface area contributed by atoms with Crippen LogP contribution in [0.25, 0.3) is 32.9 Å². The van der Waals surface area contributed by atoms with Crippen molar-refractivity contribution in [1.29, 1.82) is 0 Å². The van der Waals surface area contributed by atoms with Crippen LogP contribution < -0.4 is 14.4 Å². The van der Waals surface area contributed by atoms with E-state index in [1.54, 1.807) is 13.0 Å². The molecule has 2 aromatic carbocycles. The summed E-state index contributed by atoms with van der Waals surface area (Å²) >= 11 is 0. The van der Waals surface area contributed by atoms with Crippen LogP contribution in [0, 0.1) is 11.6 Å². The molecule has 0 aliphatic carbocycles. The quantitative estimate of drug-likeness (QED) is 0.214. The summed E-state index contributed by atoms with van der Waals surface area (Å²) in [5, 5.41) is 23.0. The summed E-state index contributed by atoms with van der Waals surface area (Å²) in [6.45, 7) is 5.72. The zero-order valence-corrected chi connectivity index (χ0v) is 30.2. The maximum absolute atomic E-state index is 17.0. The van der Waals surface area contributed by atoms with Gasteiger partial charge in [-0.15, -0.1) is 0 Å². The van der Waals surface area contributed by atoms with E-state index in [1.165, 1.54) is 38.5 Å². The van der Waals surface area contributed by atoms with Crippen molar-refractivity contribution in [2.45, 2.75) is 76.0 Å². The second kappa shape index (κ2) is 13.3. The Balaban J connectivity index is 1.28. The minimum Gasteiger partial charge on any atom is -0.508 e. The molecule has 0 bridgehead atoms. The molecule has 4 aromatic rings. The van der Waals surface area contributed by atoms with Crippen LogP contribution in [0.3, 0.4) is 0 Å². The van der Waals surface area contributed by atoms with Crippen LogP contribution >= 0.6 is 0 Å². The Kier molecular flexibility index (Phi) is 9.32. The number of hydrogen-bond donors (Lipinski definition) is 3. The van der Waals surface area contributed by atoms with Gasteiger partial charge in [0, 0.05) is 51.5 Å². The first kappa shape index (κ1) is 35.6. The predicted octanol–water partition coefficient (Wildman–Crippen LogP) is 4.51. The standard InChI is InChI=1S/C36H45F2N7O5S/c1-5-25-28(37)9-8-22-16-24(46)17-26(29(22)25)31-30(38)32-27(19-39-31)33(44-14-6-11-35(2,47)20-44)42-34(41-32)50-21-36-12-7-15-45(36)23(10-13-36)18-40-51(48,49)43(3)4/h8-9,16-17,19,23,40,46-47H,5-7,10-15,18,20-21H2,1-4H3/t23-,35-,36-/m1/s1. The first-order valence-electron chi connectivity index (χ1n) is 17.6. The molecule has 3 saturated heterocycles. The summed E-state index contributed by atoms with van der Waals surface area (Å²) in [5.41, 5.74) is -0.850. The smallest absolute Gasteiger partial charge is 0.319 e. The lowest BCUT2D eigenvalue weighted by Crippen LogP contribution is -2.50. The number of nitrogens with one attached hydrogen (secondary N) is 1. The number of aromatic hydroxyl groups is 1. The Morgan fingerprint density at radius 1 is 1.12 bits per heavy atom. The molecule has 5 heterocycles. The van der Waals surface area contributed by atoms with E-state index in [4.69, 9.17) is 9.72 Å². The topological polar surface area (TPSA) is 144 Å². The van der Waals surface area contributed by atoms with Crippen LogP contribution in [0.1, 0.15) is 57.9 Å². The number of aryl methyl sites for hydroxylation is 1. The highest BCUT2D eigenvalue weighted by atomic mass is 32.2. The number of halogens is 2. The Morgan fingerprint density at radius 2 is 1.90 bits per heavy atom. The summed E-state index contributed by atoms with van der Waals surface area (Å²) < 4.78 is 67.1. The Hall–Kier alpha value is -3.76. The number of aliphatic hydroxyl groups is 1. The van der Waals surface area contributed by atoms with Gasteiger partial charge in [-0.05, 0) is 92.9 Å². The van der Waals surface area contributed by atoms with Crippen molar-refractivity contribution in [1.82, 2.24) is 28.9 Å². The molecule has 15 heteroatoms. The number of phenols is 1. The van der Waals surface area contributed by atoms with Gasteiger partial charge in [-0.25, -0.2) is 13.5 Å². The second-order valence-electron chi connectivity index (χ2n) is 14.6. The minimum atomic E-state index is -3.57. The molecule has 3 aliphatic rings. The predicted molar refractivity (Wildman–Crippen MR) is 191 cm³/mol. The lowest BCUT2D eigenvalue weighted by atomic mass is 9.94. The molecule has 0 spiro atoms. The van der Waals surface area contributed by atoms with Crippen molar-refractivity contribution in [2.75, 3.05) is 51.8 Å². The third-order valence-corrected chi connectivity index (χ3v) is 12.4. The lowest BCUT2D eigenvalue weighted by molar-refractivity contribution is 0.0447. The van der Waals surface area contributed by atoms with Gasteiger partial charge in [0.15, 0.2) is 5.82 Å². The molecular formula is C36H45F2N7O5S. The van der Waals surface area contributed by atoms with E-state index < -0.39 is 27.4 Å². The first-order valence-corrected chi connectivity index (χ1v) is 19.0. The molecule has 0 amide bonds. The number of aromatic nitrogens is 3. The largest absolute Gasteiger partial charge is 0.508 e.